The zero-order valence-electron chi connectivity index (χ0n) is 15.0. The summed E-state index contributed by atoms with van der Waals surface area (Å²) in [6, 6.07) is 0. The van der Waals surface area contributed by atoms with Gasteiger partial charge in [-0.1, -0.05) is 19.8 Å². The van der Waals surface area contributed by atoms with Crippen LogP contribution in [0, 0.1) is 11.8 Å². The molecule has 5 nitrogen and oxygen atoms in total. The number of amides is 2. The summed E-state index contributed by atoms with van der Waals surface area (Å²) in [6.45, 7) is 5.33. The summed E-state index contributed by atoms with van der Waals surface area (Å²) in [6.07, 6.45) is 7.68. The molecule has 0 spiro atoms. The van der Waals surface area contributed by atoms with Crippen LogP contribution in [-0.2, 0) is 9.59 Å². The van der Waals surface area contributed by atoms with Crippen molar-refractivity contribution in [3.05, 3.63) is 0 Å². The Morgan fingerprint density at radius 2 is 1.67 bits per heavy atom. The molecule has 1 atom stereocenters. The van der Waals surface area contributed by atoms with Gasteiger partial charge < -0.3 is 14.9 Å². The van der Waals surface area contributed by atoms with Crippen molar-refractivity contribution in [3.8, 4) is 0 Å². The lowest BCUT2D eigenvalue weighted by Gasteiger charge is -2.37. The molecule has 1 aliphatic carbocycles. The fourth-order valence-electron chi connectivity index (χ4n) is 4.63. The Kier molecular flexibility index (Phi) is 5.48. The van der Waals surface area contributed by atoms with E-state index in [0.29, 0.717) is 24.9 Å². The van der Waals surface area contributed by atoms with Crippen LogP contribution in [0.2, 0.25) is 0 Å². The van der Waals surface area contributed by atoms with Gasteiger partial charge in [0.25, 0.3) is 0 Å². The first-order chi connectivity index (χ1) is 11.5. The number of carbonyl (C=O) groups is 2. The van der Waals surface area contributed by atoms with Crippen molar-refractivity contribution in [2.45, 2.75) is 70.3 Å². The number of likely N-dealkylation sites (tertiary alicyclic amines) is 2. The van der Waals surface area contributed by atoms with Crippen molar-refractivity contribution in [2.24, 2.45) is 11.8 Å². The third kappa shape index (κ3) is 4.11. The molecule has 0 radical (unpaired) electrons. The van der Waals surface area contributed by atoms with Gasteiger partial charge in [-0.3, -0.25) is 9.59 Å². The first-order valence-electron chi connectivity index (χ1n) is 9.76. The summed E-state index contributed by atoms with van der Waals surface area (Å²) in [7, 11) is 0. The van der Waals surface area contributed by atoms with Gasteiger partial charge in [0.15, 0.2) is 0 Å². The molecular weight excluding hydrogens is 304 g/mol. The molecule has 0 aromatic rings. The minimum Gasteiger partial charge on any atom is -0.389 e. The van der Waals surface area contributed by atoms with E-state index in [1.54, 1.807) is 0 Å². The highest BCUT2D eigenvalue weighted by atomic mass is 16.3. The van der Waals surface area contributed by atoms with Crippen molar-refractivity contribution in [1.29, 1.82) is 0 Å². The Morgan fingerprint density at radius 3 is 2.29 bits per heavy atom. The molecule has 0 bridgehead atoms. The summed E-state index contributed by atoms with van der Waals surface area (Å²) < 4.78 is 0. The molecule has 1 N–H and O–H groups in total. The van der Waals surface area contributed by atoms with Gasteiger partial charge in [-0.05, 0) is 44.4 Å². The highest BCUT2D eigenvalue weighted by molar-refractivity contribution is 5.80. The second kappa shape index (κ2) is 7.42. The molecule has 3 rings (SSSR count). The molecule has 3 aliphatic rings. The van der Waals surface area contributed by atoms with Gasteiger partial charge in [-0.15, -0.1) is 0 Å². The van der Waals surface area contributed by atoms with Gasteiger partial charge in [0, 0.05) is 32.1 Å². The van der Waals surface area contributed by atoms with Gasteiger partial charge in [0.1, 0.15) is 0 Å². The van der Waals surface area contributed by atoms with Crippen LogP contribution in [-0.4, -0.2) is 58.5 Å². The Bertz CT molecular complexity index is 465. The zero-order chi connectivity index (χ0) is 17.2. The van der Waals surface area contributed by atoms with Gasteiger partial charge >= 0.3 is 0 Å². The molecule has 0 aromatic carbocycles. The molecule has 24 heavy (non-hydrogen) atoms. The second-order valence-corrected chi connectivity index (χ2v) is 8.29. The van der Waals surface area contributed by atoms with Crippen LogP contribution in [0.5, 0.6) is 0 Å². The van der Waals surface area contributed by atoms with Crippen molar-refractivity contribution in [3.63, 3.8) is 0 Å². The quantitative estimate of drug-likeness (QED) is 0.859. The summed E-state index contributed by atoms with van der Waals surface area (Å²) in [5, 5.41) is 10.4. The molecule has 2 heterocycles. The van der Waals surface area contributed by atoms with Gasteiger partial charge in [-0.2, -0.15) is 0 Å². The van der Waals surface area contributed by atoms with Crippen LogP contribution in [0.25, 0.3) is 0 Å². The van der Waals surface area contributed by atoms with Crippen LogP contribution in [0.1, 0.15) is 64.7 Å². The van der Waals surface area contributed by atoms with E-state index in [0.717, 1.165) is 58.0 Å². The maximum atomic E-state index is 12.7. The number of rotatable bonds is 3. The van der Waals surface area contributed by atoms with Gasteiger partial charge in [0.05, 0.1) is 12.0 Å². The molecule has 136 valence electrons. The minimum atomic E-state index is -0.770. The van der Waals surface area contributed by atoms with E-state index in [2.05, 4.69) is 6.92 Å². The molecule has 1 unspecified atom stereocenters. The molecule has 0 aromatic heterocycles. The average molecular weight is 336 g/mol. The third-order valence-electron chi connectivity index (χ3n) is 6.18. The molecular formula is C19H32N2O3. The zero-order valence-corrected chi connectivity index (χ0v) is 15.0. The van der Waals surface area contributed by atoms with Crippen LogP contribution in [0.15, 0.2) is 0 Å². The van der Waals surface area contributed by atoms with E-state index in [-0.39, 0.29) is 18.2 Å². The molecule has 3 fully saturated rings. The van der Waals surface area contributed by atoms with Crippen molar-refractivity contribution >= 4 is 11.8 Å². The van der Waals surface area contributed by atoms with Crippen LogP contribution >= 0.6 is 0 Å². The fourth-order valence-corrected chi connectivity index (χ4v) is 4.63. The summed E-state index contributed by atoms with van der Waals surface area (Å²) in [5.41, 5.74) is -0.770. The summed E-state index contributed by atoms with van der Waals surface area (Å²) in [5.74, 6) is 1.05. The maximum Gasteiger partial charge on any atom is 0.225 e. The third-order valence-corrected chi connectivity index (χ3v) is 6.18. The molecule has 5 heteroatoms. The number of aliphatic hydroxyl groups is 1. The first kappa shape index (κ1) is 17.7. The van der Waals surface area contributed by atoms with E-state index in [1.165, 1.54) is 6.42 Å². The fraction of sp³-hybridized carbons (Fsp3) is 0.895. The topological polar surface area (TPSA) is 60.9 Å². The SMILES string of the molecule is CC1CCCN(C(=O)C2CCN(C(=O)CC3(O)CCCC3)CC2)C1. The van der Waals surface area contributed by atoms with E-state index in [4.69, 9.17) is 0 Å². The number of hydrogen-bond donors (Lipinski definition) is 1. The van der Waals surface area contributed by atoms with Crippen LogP contribution < -0.4 is 0 Å². The molecule has 2 aliphatic heterocycles. The monoisotopic (exact) mass is 336 g/mol. The number of hydrogen-bond acceptors (Lipinski definition) is 3. The van der Waals surface area contributed by atoms with Crippen molar-refractivity contribution in [2.75, 3.05) is 26.2 Å². The van der Waals surface area contributed by atoms with Crippen molar-refractivity contribution in [1.82, 2.24) is 9.80 Å². The van der Waals surface area contributed by atoms with Gasteiger partial charge in [-0.25, -0.2) is 0 Å². The Labute approximate surface area is 145 Å². The molecule has 2 amide bonds. The van der Waals surface area contributed by atoms with Crippen LogP contribution in [0.3, 0.4) is 0 Å². The first-order valence-corrected chi connectivity index (χ1v) is 9.76. The predicted octanol–water partition coefficient (Wildman–Crippen LogP) is 2.18. The van der Waals surface area contributed by atoms with Gasteiger partial charge in [0.2, 0.25) is 11.8 Å². The smallest absolute Gasteiger partial charge is 0.225 e. The van der Waals surface area contributed by atoms with E-state index in [1.807, 2.05) is 9.80 Å². The number of nitrogens with zero attached hydrogens (tertiary/aromatic N) is 2. The molecule has 2 saturated heterocycles. The van der Waals surface area contributed by atoms with E-state index < -0.39 is 5.60 Å². The largest absolute Gasteiger partial charge is 0.389 e. The second-order valence-electron chi connectivity index (χ2n) is 8.29. The van der Waals surface area contributed by atoms with E-state index in [9.17, 15) is 14.7 Å². The molecule has 1 saturated carbocycles. The maximum absolute atomic E-state index is 12.7. The minimum absolute atomic E-state index is 0.0666. The lowest BCUT2D eigenvalue weighted by atomic mass is 9.91. The Hall–Kier alpha value is -1.10. The standard InChI is InChI=1S/C19H32N2O3/c1-15-5-4-10-21(14-15)18(23)16-6-11-20(12-7-16)17(22)13-19(24)8-2-3-9-19/h15-16,24H,2-14H2,1H3. The number of carbonyl (C=O) groups excluding carboxylic acids is 2. The Balaban J connectivity index is 1.46. The van der Waals surface area contributed by atoms with Crippen LogP contribution in [0.4, 0.5) is 0 Å². The normalized spacial score (nSPS) is 28.2. The highest BCUT2D eigenvalue weighted by Gasteiger charge is 2.37. The predicted molar refractivity (Wildman–Crippen MR) is 92.3 cm³/mol. The number of piperidine rings is 2. The lowest BCUT2D eigenvalue weighted by Crippen LogP contribution is -2.47. The summed E-state index contributed by atoms with van der Waals surface area (Å²) in [4.78, 5) is 29.0. The highest BCUT2D eigenvalue weighted by Crippen LogP contribution is 2.33. The van der Waals surface area contributed by atoms with Crippen molar-refractivity contribution < 1.29 is 14.7 Å². The summed E-state index contributed by atoms with van der Waals surface area (Å²) >= 11 is 0. The average Bonchev–Trinajstić information content (AvgIpc) is 3.00. The Morgan fingerprint density at radius 1 is 1.00 bits per heavy atom. The van der Waals surface area contributed by atoms with E-state index >= 15 is 0 Å². The lowest BCUT2D eigenvalue weighted by molar-refractivity contribution is -0.144.